The van der Waals surface area contributed by atoms with E-state index < -0.39 is 0 Å². The highest BCUT2D eigenvalue weighted by Gasteiger charge is 2.35. The van der Waals surface area contributed by atoms with Crippen molar-refractivity contribution < 1.29 is 9.90 Å². The Morgan fingerprint density at radius 2 is 2.11 bits per heavy atom. The molecular weight excluding hydrogens is 226 g/mol. The van der Waals surface area contributed by atoms with Crippen LogP contribution in [-0.4, -0.2) is 35.6 Å². The lowest BCUT2D eigenvalue weighted by Crippen LogP contribution is -2.43. The van der Waals surface area contributed by atoms with Gasteiger partial charge in [-0.2, -0.15) is 0 Å². The molecule has 0 aromatic heterocycles. The molecule has 0 aliphatic heterocycles. The van der Waals surface area contributed by atoms with Crippen LogP contribution in [0.3, 0.4) is 0 Å². The van der Waals surface area contributed by atoms with Crippen molar-refractivity contribution >= 4 is 5.91 Å². The van der Waals surface area contributed by atoms with Crippen LogP contribution in [0, 0.1) is 5.92 Å². The molecule has 3 heteroatoms. The van der Waals surface area contributed by atoms with Crippen LogP contribution in [0.25, 0.3) is 0 Å². The monoisotopic (exact) mass is 245 g/mol. The molecule has 3 rings (SSSR count). The minimum atomic E-state index is -0.136. The van der Waals surface area contributed by atoms with Crippen LogP contribution >= 0.6 is 0 Å². The highest BCUT2D eigenvalue weighted by atomic mass is 16.3. The first-order valence-electron chi connectivity index (χ1n) is 6.66. The fourth-order valence-corrected chi connectivity index (χ4v) is 3.07. The van der Waals surface area contributed by atoms with E-state index in [9.17, 15) is 9.90 Å². The van der Waals surface area contributed by atoms with Gasteiger partial charge in [0.15, 0.2) is 0 Å². The number of nitrogens with zero attached hydrogens (tertiary/aromatic N) is 1. The van der Waals surface area contributed by atoms with Crippen molar-refractivity contribution in [2.45, 2.75) is 31.3 Å². The SMILES string of the molecule is CN(CC1CC(O)C1)C(=O)C1Cc2ccccc21. The number of aliphatic hydroxyl groups is 1. The largest absolute Gasteiger partial charge is 0.393 e. The minimum absolute atomic E-state index is 0.0659. The third-order valence-electron chi connectivity index (χ3n) is 4.27. The van der Waals surface area contributed by atoms with Crippen LogP contribution in [0.1, 0.15) is 29.9 Å². The number of rotatable bonds is 3. The topological polar surface area (TPSA) is 40.5 Å². The molecule has 1 N–H and O–H groups in total. The van der Waals surface area contributed by atoms with Gasteiger partial charge in [0, 0.05) is 13.6 Å². The molecule has 1 amide bonds. The van der Waals surface area contributed by atoms with Crippen molar-refractivity contribution in [2.24, 2.45) is 5.92 Å². The standard InChI is InChI=1S/C15H19NO2/c1-16(9-10-6-12(17)7-10)15(18)14-8-11-4-2-3-5-13(11)14/h2-5,10,12,14,17H,6-9H2,1H3. The summed E-state index contributed by atoms with van der Waals surface area (Å²) in [6, 6.07) is 8.18. The molecule has 0 bridgehead atoms. The second kappa shape index (κ2) is 4.39. The number of carbonyl (C=O) groups excluding carboxylic acids is 1. The maximum Gasteiger partial charge on any atom is 0.230 e. The number of hydrogen-bond donors (Lipinski definition) is 1. The summed E-state index contributed by atoms with van der Waals surface area (Å²) in [4.78, 5) is 14.2. The Kier molecular flexibility index (Phi) is 2.86. The number of aliphatic hydroxyl groups excluding tert-OH is 1. The molecule has 18 heavy (non-hydrogen) atoms. The minimum Gasteiger partial charge on any atom is -0.393 e. The van der Waals surface area contributed by atoms with E-state index in [4.69, 9.17) is 0 Å². The van der Waals surface area contributed by atoms with Crippen LogP contribution < -0.4 is 0 Å². The predicted octanol–water partition coefficient (Wildman–Crippen LogP) is 1.56. The summed E-state index contributed by atoms with van der Waals surface area (Å²) in [5.41, 5.74) is 2.51. The molecule has 0 saturated heterocycles. The summed E-state index contributed by atoms with van der Waals surface area (Å²) in [5, 5.41) is 9.26. The molecular formula is C15H19NO2. The number of likely N-dealkylation sites (N-methyl/N-ethyl adjacent to an activating group) is 1. The van der Waals surface area contributed by atoms with Gasteiger partial charge in [-0.25, -0.2) is 0 Å². The summed E-state index contributed by atoms with van der Waals surface area (Å²) >= 11 is 0. The molecule has 1 aromatic carbocycles. The second-order valence-electron chi connectivity index (χ2n) is 5.67. The Morgan fingerprint density at radius 1 is 1.39 bits per heavy atom. The number of fused-ring (bicyclic) bond motifs is 1. The molecule has 3 nitrogen and oxygen atoms in total. The van der Waals surface area contributed by atoms with E-state index in [1.807, 2.05) is 24.1 Å². The molecule has 1 fully saturated rings. The Morgan fingerprint density at radius 3 is 2.78 bits per heavy atom. The zero-order valence-corrected chi connectivity index (χ0v) is 10.7. The van der Waals surface area contributed by atoms with E-state index in [-0.39, 0.29) is 17.9 Å². The first-order chi connectivity index (χ1) is 8.65. The zero-order valence-electron chi connectivity index (χ0n) is 10.7. The first-order valence-corrected chi connectivity index (χ1v) is 6.66. The fourth-order valence-electron chi connectivity index (χ4n) is 3.07. The average molecular weight is 245 g/mol. The molecule has 0 radical (unpaired) electrons. The van der Waals surface area contributed by atoms with E-state index in [1.165, 1.54) is 11.1 Å². The van der Waals surface area contributed by atoms with Gasteiger partial charge in [0.1, 0.15) is 0 Å². The van der Waals surface area contributed by atoms with Crippen LogP contribution in [0.4, 0.5) is 0 Å². The van der Waals surface area contributed by atoms with Gasteiger partial charge in [-0.05, 0) is 36.3 Å². The van der Waals surface area contributed by atoms with Gasteiger partial charge >= 0.3 is 0 Å². The highest BCUT2D eigenvalue weighted by Crippen LogP contribution is 2.36. The Hall–Kier alpha value is -1.35. The second-order valence-corrected chi connectivity index (χ2v) is 5.67. The van der Waals surface area contributed by atoms with Gasteiger partial charge in [0.25, 0.3) is 0 Å². The quantitative estimate of drug-likeness (QED) is 0.878. The lowest BCUT2D eigenvalue weighted by atomic mass is 9.76. The van der Waals surface area contributed by atoms with Crippen molar-refractivity contribution in [1.82, 2.24) is 4.90 Å². The predicted molar refractivity (Wildman–Crippen MR) is 69.3 cm³/mol. The van der Waals surface area contributed by atoms with Gasteiger partial charge in [0.05, 0.1) is 12.0 Å². The van der Waals surface area contributed by atoms with Crippen molar-refractivity contribution in [3.63, 3.8) is 0 Å². The van der Waals surface area contributed by atoms with Crippen molar-refractivity contribution in [3.05, 3.63) is 35.4 Å². The molecule has 2 aliphatic rings. The molecule has 1 saturated carbocycles. The first kappa shape index (κ1) is 11.7. The number of hydrogen-bond acceptors (Lipinski definition) is 2. The maximum atomic E-state index is 12.3. The van der Waals surface area contributed by atoms with Crippen LogP contribution in [-0.2, 0) is 11.2 Å². The van der Waals surface area contributed by atoms with E-state index in [0.717, 1.165) is 25.8 Å². The van der Waals surface area contributed by atoms with Crippen molar-refractivity contribution in [1.29, 1.82) is 0 Å². The van der Waals surface area contributed by atoms with Crippen LogP contribution in [0.15, 0.2) is 24.3 Å². The molecule has 0 heterocycles. The molecule has 1 atom stereocenters. The van der Waals surface area contributed by atoms with Gasteiger partial charge in [-0.1, -0.05) is 24.3 Å². The normalized spacial score (nSPS) is 28.9. The number of amides is 1. The van der Waals surface area contributed by atoms with E-state index in [2.05, 4.69) is 12.1 Å². The summed E-state index contributed by atoms with van der Waals surface area (Å²) < 4.78 is 0. The van der Waals surface area contributed by atoms with Gasteiger partial charge in [0.2, 0.25) is 5.91 Å². The molecule has 0 spiro atoms. The number of carbonyl (C=O) groups is 1. The lowest BCUT2D eigenvalue weighted by Gasteiger charge is -2.37. The molecule has 2 aliphatic carbocycles. The van der Waals surface area contributed by atoms with E-state index in [0.29, 0.717) is 5.92 Å². The highest BCUT2D eigenvalue weighted by molar-refractivity contribution is 5.86. The fraction of sp³-hybridized carbons (Fsp3) is 0.533. The molecule has 1 unspecified atom stereocenters. The smallest absolute Gasteiger partial charge is 0.230 e. The zero-order chi connectivity index (χ0) is 12.7. The molecule has 1 aromatic rings. The number of benzene rings is 1. The third kappa shape index (κ3) is 1.93. The van der Waals surface area contributed by atoms with Crippen LogP contribution in [0.2, 0.25) is 0 Å². The average Bonchev–Trinajstić information content (AvgIpc) is 2.28. The lowest BCUT2D eigenvalue weighted by molar-refractivity contribution is -0.133. The summed E-state index contributed by atoms with van der Waals surface area (Å²) in [5.74, 6) is 0.788. The summed E-state index contributed by atoms with van der Waals surface area (Å²) in [7, 11) is 1.88. The van der Waals surface area contributed by atoms with Gasteiger partial charge < -0.3 is 10.0 Å². The van der Waals surface area contributed by atoms with Crippen LogP contribution in [0.5, 0.6) is 0 Å². The van der Waals surface area contributed by atoms with Crippen molar-refractivity contribution in [3.8, 4) is 0 Å². The summed E-state index contributed by atoms with van der Waals surface area (Å²) in [6.45, 7) is 0.786. The van der Waals surface area contributed by atoms with E-state index >= 15 is 0 Å². The van der Waals surface area contributed by atoms with Crippen molar-refractivity contribution in [2.75, 3.05) is 13.6 Å². The van der Waals surface area contributed by atoms with Gasteiger partial charge in [-0.15, -0.1) is 0 Å². The Labute approximate surface area is 107 Å². The third-order valence-corrected chi connectivity index (χ3v) is 4.27. The van der Waals surface area contributed by atoms with E-state index in [1.54, 1.807) is 0 Å². The maximum absolute atomic E-state index is 12.3. The Balaban J connectivity index is 1.59. The summed E-state index contributed by atoms with van der Waals surface area (Å²) in [6.07, 6.45) is 2.44. The van der Waals surface area contributed by atoms with Gasteiger partial charge in [-0.3, -0.25) is 4.79 Å². The molecule has 96 valence electrons. The Bertz CT molecular complexity index is 465.